The van der Waals surface area contributed by atoms with Crippen molar-refractivity contribution in [2.24, 2.45) is 5.73 Å². The van der Waals surface area contributed by atoms with E-state index in [4.69, 9.17) is 15.7 Å². The van der Waals surface area contributed by atoms with Gasteiger partial charge in [-0.3, -0.25) is 0 Å². The zero-order chi connectivity index (χ0) is 13.1. The number of nitrogens with two attached hydrogens (primary N) is 1. The van der Waals surface area contributed by atoms with Gasteiger partial charge in [0, 0.05) is 23.6 Å². The molecular weight excluding hydrogens is 294 g/mol. The summed E-state index contributed by atoms with van der Waals surface area (Å²) in [6.45, 7) is 4.26. The molecule has 2 rings (SSSR count). The van der Waals surface area contributed by atoms with Crippen molar-refractivity contribution in [1.82, 2.24) is 0 Å². The predicted octanol–water partition coefficient (Wildman–Crippen LogP) is 1.87. The first-order valence-electron chi connectivity index (χ1n) is 5.93. The number of hydrogen-bond acceptors (Lipinski definition) is 4. The lowest BCUT2D eigenvalue weighted by Crippen LogP contribution is -2.49. The standard InChI is InChI=1S/C13H16BrN3O/c1-9(16)13-8-17(4-5-18-13)12-3-2-10(7-15)6-11(12)14/h2-3,6,9,13H,4-5,8,16H2,1H3. The molecule has 5 heteroatoms. The molecule has 1 aliphatic heterocycles. The molecule has 1 saturated heterocycles. The molecule has 0 aliphatic carbocycles. The number of hydrogen-bond donors (Lipinski definition) is 1. The van der Waals surface area contributed by atoms with Gasteiger partial charge in [0.15, 0.2) is 0 Å². The van der Waals surface area contributed by atoms with E-state index in [1.54, 1.807) is 0 Å². The first-order chi connectivity index (χ1) is 8.61. The Balaban J connectivity index is 2.19. The number of benzene rings is 1. The third-order valence-electron chi connectivity index (χ3n) is 3.10. The predicted molar refractivity (Wildman–Crippen MR) is 74.5 cm³/mol. The van der Waals surface area contributed by atoms with E-state index in [9.17, 15) is 0 Å². The number of nitrogens with zero attached hydrogens (tertiary/aromatic N) is 2. The van der Waals surface area contributed by atoms with Crippen molar-refractivity contribution in [2.75, 3.05) is 24.6 Å². The van der Waals surface area contributed by atoms with Crippen molar-refractivity contribution in [2.45, 2.75) is 19.1 Å². The number of rotatable bonds is 2. The van der Waals surface area contributed by atoms with Crippen LogP contribution in [0.25, 0.3) is 0 Å². The summed E-state index contributed by atoms with van der Waals surface area (Å²) in [5.41, 5.74) is 7.63. The van der Waals surface area contributed by atoms with E-state index < -0.39 is 0 Å². The maximum atomic E-state index is 8.86. The Kier molecular flexibility index (Phi) is 4.23. The first-order valence-corrected chi connectivity index (χ1v) is 6.73. The average Bonchev–Trinajstić information content (AvgIpc) is 2.38. The van der Waals surface area contributed by atoms with E-state index in [1.807, 2.05) is 25.1 Å². The molecule has 96 valence electrons. The molecule has 2 unspecified atom stereocenters. The summed E-state index contributed by atoms with van der Waals surface area (Å²) in [6.07, 6.45) is 0.0568. The Hall–Kier alpha value is -1.09. The van der Waals surface area contributed by atoms with Crippen LogP contribution in [0.3, 0.4) is 0 Å². The Labute approximate surface area is 115 Å². The van der Waals surface area contributed by atoms with E-state index in [-0.39, 0.29) is 12.1 Å². The summed E-state index contributed by atoms with van der Waals surface area (Å²) < 4.78 is 6.58. The van der Waals surface area contributed by atoms with Crippen LogP contribution in [0.1, 0.15) is 12.5 Å². The van der Waals surface area contributed by atoms with E-state index in [2.05, 4.69) is 26.9 Å². The lowest BCUT2D eigenvalue weighted by atomic mass is 10.1. The minimum absolute atomic E-state index is 0.0185. The van der Waals surface area contributed by atoms with Crippen LogP contribution in [0, 0.1) is 11.3 Å². The van der Waals surface area contributed by atoms with Crippen molar-refractivity contribution in [3.8, 4) is 6.07 Å². The summed E-state index contributed by atoms with van der Waals surface area (Å²) in [7, 11) is 0. The van der Waals surface area contributed by atoms with Gasteiger partial charge in [0.2, 0.25) is 0 Å². The van der Waals surface area contributed by atoms with Gasteiger partial charge in [-0.05, 0) is 41.1 Å². The van der Waals surface area contributed by atoms with Crippen LogP contribution in [-0.2, 0) is 4.74 Å². The van der Waals surface area contributed by atoms with E-state index in [1.165, 1.54) is 0 Å². The van der Waals surface area contributed by atoms with Gasteiger partial charge >= 0.3 is 0 Å². The molecule has 18 heavy (non-hydrogen) atoms. The smallest absolute Gasteiger partial charge is 0.0992 e. The largest absolute Gasteiger partial charge is 0.373 e. The van der Waals surface area contributed by atoms with Gasteiger partial charge in [-0.2, -0.15) is 5.26 Å². The van der Waals surface area contributed by atoms with Crippen LogP contribution in [-0.4, -0.2) is 31.8 Å². The van der Waals surface area contributed by atoms with Crippen LogP contribution in [0.15, 0.2) is 22.7 Å². The van der Waals surface area contributed by atoms with Crippen LogP contribution in [0.5, 0.6) is 0 Å². The van der Waals surface area contributed by atoms with Gasteiger partial charge in [0.05, 0.1) is 30.0 Å². The molecule has 0 amide bonds. The Bertz CT molecular complexity index is 470. The van der Waals surface area contributed by atoms with Crippen LogP contribution in [0.4, 0.5) is 5.69 Å². The van der Waals surface area contributed by atoms with Crippen molar-refractivity contribution < 1.29 is 4.74 Å². The molecule has 0 spiro atoms. The Morgan fingerprint density at radius 2 is 2.39 bits per heavy atom. The van der Waals surface area contributed by atoms with Crippen molar-refractivity contribution in [1.29, 1.82) is 5.26 Å². The van der Waals surface area contributed by atoms with Gasteiger partial charge in [0.25, 0.3) is 0 Å². The molecule has 2 atom stereocenters. The highest BCUT2D eigenvalue weighted by atomic mass is 79.9. The molecule has 1 aromatic rings. The summed E-state index contributed by atoms with van der Waals surface area (Å²) >= 11 is 3.52. The lowest BCUT2D eigenvalue weighted by molar-refractivity contribution is 0.0275. The molecule has 4 nitrogen and oxygen atoms in total. The fourth-order valence-electron chi connectivity index (χ4n) is 2.05. The quantitative estimate of drug-likeness (QED) is 0.906. The van der Waals surface area contributed by atoms with Gasteiger partial charge in [0.1, 0.15) is 0 Å². The lowest BCUT2D eigenvalue weighted by Gasteiger charge is -2.36. The van der Waals surface area contributed by atoms with Gasteiger partial charge in [-0.25, -0.2) is 0 Å². The first kappa shape index (κ1) is 13.3. The fraction of sp³-hybridized carbons (Fsp3) is 0.462. The molecule has 1 fully saturated rings. The summed E-state index contributed by atoms with van der Waals surface area (Å²) in [5, 5.41) is 8.86. The van der Waals surface area contributed by atoms with Crippen LogP contribution >= 0.6 is 15.9 Å². The number of halogens is 1. The third-order valence-corrected chi connectivity index (χ3v) is 3.73. The highest BCUT2D eigenvalue weighted by Gasteiger charge is 2.24. The van der Waals surface area contributed by atoms with Crippen molar-refractivity contribution >= 4 is 21.6 Å². The molecule has 0 bridgehead atoms. The number of ether oxygens (including phenoxy) is 1. The average molecular weight is 310 g/mol. The van der Waals surface area contributed by atoms with Crippen molar-refractivity contribution in [3.63, 3.8) is 0 Å². The molecule has 0 radical (unpaired) electrons. The molecule has 2 N–H and O–H groups in total. The molecule has 1 aromatic carbocycles. The molecule has 0 saturated carbocycles. The maximum Gasteiger partial charge on any atom is 0.0992 e. The molecule has 0 aromatic heterocycles. The van der Waals surface area contributed by atoms with Gasteiger partial charge in [-0.15, -0.1) is 0 Å². The molecular formula is C13H16BrN3O. The Morgan fingerprint density at radius 1 is 1.61 bits per heavy atom. The topological polar surface area (TPSA) is 62.3 Å². The zero-order valence-electron chi connectivity index (χ0n) is 10.3. The van der Waals surface area contributed by atoms with Crippen molar-refractivity contribution in [3.05, 3.63) is 28.2 Å². The second-order valence-corrected chi connectivity index (χ2v) is 5.35. The fourth-order valence-corrected chi connectivity index (χ4v) is 2.67. The summed E-state index contributed by atoms with van der Waals surface area (Å²) in [4.78, 5) is 2.24. The zero-order valence-corrected chi connectivity index (χ0v) is 11.9. The second kappa shape index (κ2) is 5.70. The minimum Gasteiger partial charge on any atom is -0.373 e. The third kappa shape index (κ3) is 2.83. The van der Waals surface area contributed by atoms with Gasteiger partial charge < -0.3 is 15.4 Å². The minimum atomic E-state index is 0.0185. The highest BCUT2D eigenvalue weighted by Crippen LogP contribution is 2.28. The number of anilines is 1. The summed E-state index contributed by atoms with van der Waals surface area (Å²) in [6, 6.07) is 7.78. The Morgan fingerprint density at radius 3 is 3.00 bits per heavy atom. The monoisotopic (exact) mass is 309 g/mol. The van der Waals surface area contributed by atoms with E-state index in [0.717, 1.165) is 23.2 Å². The molecule has 1 heterocycles. The maximum absolute atomic E-state index is 8.86. The van der Waals surface area contributed by atoms with Gasteiger partial charge in [-0.1, -0.05) is 0 Å². The SMILES string of the molecule is CC(N)C1CN(c2ccc(C#N)cc2Br)CCO1. The van der Waals surface area contributed by atoms with E-state index in [0.29, 0.717) is 12.2 Å². The second-order valence-electron chi connectivity index (χ2n) is 4.49. The van der Waals surface area contributed by atoms with Crippen LogP contribution < -0.4 is 10.6 Å². The normalized spacial score (nSPS) is 21.4. The summed E-state index contributed by atoms with van der Waals surface area (Å²) in [5.74, 6) is 0. The molecule has 1 aliphatic rings. The number of morpholine rings is 1. The highest BCUT2D eigenvalue weighted by molar-refractivity contribution is 9.10. The van der Waals surface area contributed by atoms with Crippen LogP contribution in [0.2, 0.25) is 0 Å². The van der Waals surface area contributed by atoms with E-state index >= 15 is 0 Å². The number of nitriles is 1.